The average molecular weight is 349 g/mol. The molecule has 0 radical (unpaired) electrons. The summed E-state index contributed by atoms with van der Waals surface area (Å²) in [5, 5.41) is 3.57. The van der Waals surface area contributed by atoms with Crippen molar-refractivity contribution < 1.29 is 4.74 Å². The van der Waals surface area contributed by atoms with Gasteiger partial charge in [0.25, 0.3) is 0 Å². The van der Waals surface area contributed by atoms with Crippen LogP contribution in [0.3, 0.4) is 0 Å². The van der Waals surface area contributed by atoms with Gasteiger partial charge in [0.1, 0.15) is 5.75 Å². The van der Waals surface area contributed by atoms with Crippen LogP contribution in [0.15, 0.2) is 47.1 Å². The molecule has 0 aliphatic carbocycles. The third-order valence-electron chi connectivity index (χ3n) is 3.36. The van der Waals surface area contributed by atoms with E-state index >= 15 is 0 Å². The van der Waals surface area contributed by atoms with Gasteiger partial charge in [-0.25, -0.2) is 0 Å². The SMILES string of the molecule is CCCNC(Cc1ccccc1OC)c1ccc(Br)cn1. The Morgan fingerprint density at radius 1 is 1.24 bits per heavy atom. The minimum absolute atomic E-state index is 0.189. The van der Waals surface area contributed by atoms with Gasteiger partial charge >= 0.3 is 0 Å². The van der Waals surface area contributed by atoms with Crippen LogP contribution in [0.1, 0.15) is 30.6 Å². The number of methoxy groups -OCH3 is 1. The predicted octanol–water partition coefficient (Wildman–Crippen LogP) is 4.14. The lowest BCUT2D eigenvalue weighted by atomic mass is 10.0. The lowest BCUT2D eigenvalue weighted by molar-refractivity contribution is 0.404. The van der Waals surface area contributed by atoms with Gasteiger partial charge in [0.05, 0.1) is 18.8 Å². The number of benzene rings is 1. The Bertz CT molecular complexity index is 557. The zero-order valence-corrected chi connectivity index (χ0v) is 14.1. The van der Waals surface area contributed by atoms with E-state index in [1.54, 1.807) is 7.11 Å². The zero-order chi connectivity index (χ0) is 15.1. The molecular weight excluding hydrogens is 328 g/mol. The lowest BCUT2D eigenvalue weighted by Crippen LogP contribution is -2.25. The number of pyridine rings is 1. The molecule has 2 aromatic rings. The molecule has 1 unspecified atom stereocenters. The molecule has 1 atom stereocenters. The summed E-state index contributed by atoms with van der Waals surface area (Å²) in [6.07, 6.45) is 3.80. The van der Waals surface area contributed by atoms with Crippen LogP contribution >= 0.6 is 15.9 Å². The number of hydrogen-bond acceptors (Lipinski definition) is 3. The highest BCUT2D eigenvalue weighted by Gasteiger charge is 2.15. The van der Waals surface area contributed by atoms with Crippen LogP contribution in [-0.4, -0.2) is 18.6 Å². The molecule has 0 aliphatic heterocycles. The van der Waals surface area contributed by atoms with Crippen molar-refractivity contribution in [2.75, 3.05) is 13.7 Å². The number of para-hydroxylation sites is 1. The number of ether oxygens (including phenoxy) is 1. The van der Waals surface area contributed by atoms with Gasteiger partial charge < -0.3 is 10.1 Å². The molecule has 1 N–H and O–H groups in total. The fraction of sp³-hybridized carbons (Fsp3) is 0.353. The second-order valence-corrected chi connectivity index (χ2v) is 5.84. The summed E-state index contributed by atoms with van der Waals surface area (Å²) < 4.78 is 6.45. The average Bonchev–Trinajstić information content (AvgIpc) is 2.52. The van der Waals surface area contributed by atoms with E-state index in [4.69, 9.17) is 4.74 Å². The second-order valence-electron chi connectivity index (χ2n) is 4.92. The maximum absolute atomic E-state index is 5.45. The fourth-order valence-corrected chi connectivity index (χ4v) is 2.52. The molecule has 1 heterocycles. The van der Waals surface area contributed by atoms with Crippen LogP contribution in [0.5, 0.6) is 5.75 Å². The van der Waals surface area contributed by atoms with Crippen LogP contribution in [-0.2, 0) is 6.42 Å². The van der Waals surface area contributed by atoms with E-state index in [1.165, 1.54) is 5.56 Å². The summed E-state index contributed by atoms with van der Waals surface area (Å²) in [4.78, 5) is 4.53. The van der Waals surface area contributed by atoms with Crippen molar-refractivity contribution in [1.82, 2.24) is 10.3 Å². The van der Waals surface area contributed by atoms with E-state index < -0.39 is 0 Å². The summed E-state index contributed by atoms with van der Waals surface area (Å²) in [6, 6.07) is 12.4. The molecule has 3 nitrogen and oxygen atoms in total. The maximum Gasteiger partial charge on any atom is 0.122 e. The van der Waals surface area contributed by atoms with E-state index in [9.17, 15) is 0 Å². The first-order valence-corrected chi connectivity index (χ1v) is 8.00. The summed E-state index contributed by atoms with van der Waals surface area (Å²) in [6.45, 7) is 3.14. The number of aromatic nitrogens is 1. The molecule has 4 heteroatoms. The van der Waals surface area contributed by atoms with E-state index in [2.05, 4.69) is 45.3 Å². The normalized spacial score (nSPS) is 12.1. The van der Waals surface area contributed by atoms with Gasteiger partial charge in [0, 0.05) is 10.7 Å². The van der Waals surface area contributed by atoms with Crippen LogP contribution in [0, 0.1) is 0 Å². The van der Waals surface area contributed by atoms with Gasteiger partial charge in [-0.3, -0.25) is 4.98 Å². The van der Waals surface area contributed by atoms with Crippen molar-refractivity contribution in [3.8, 4) is 5.75 Å². The highest BCUT2D eigenvalue weighted by atomic mass is 79.9. The first kappa shape index (κ1) is 16.0. The van der Waals surface area contributed by atoms with Crippen molar-refractivity contribution in [2.24, 2.45) is 0 Å². The molecule has 0 aliphatic rings. The molecule has 0 saturated carbocycles. The van der Waals surface area contributed by atoms with Gasteiger partial charge in [0.15, 0.2) is 0 Å². The highest BCUT2D eigenvalue weighted by Crippen LogP contribution is 2.24. The molecule has 0 amide bonds. The maximum atomic E-state index is 5.45. The monoisotopic (exact) mass is 348 g/mol. The van der Waals surface area contributed by atoms with Crippen LogP contribution in [0.25, 0.3) is 0 Å². The second kappa shape index (κ2) is 8.15. The van der Waals surface area contributed by atoms with Gasteiger partial charge in [-0.15, -0.1) is 0 Å². The number of nitrogens with one attached hydrogen (secondary N) is 1. The van der Waals surface area contributed by atoms with Crippen LogP contribution in [0.2, 0.25) is 0 Å². The smallest absolute Gasteiger partial charge is 0.122 e. The largest absolute Gasteiger partial charge is 0.496 e. The molecule has 21 heavy (non-hydrogen) atoms. The molecule has 0 bridgehead atoms. The Morgan fingerprint density at radius 2 is 2.05 bits per heavy atom. The first-order valence-electron chi connectivity index (χ1n) is 7.21. The van der Waals surface area contributed by atoms with Crippen LogP contribution < -0.4 is 10.1 Å². The molecule has 112 valence electrons. The van der Waals surface area contributed by atoms with Crippen LogP contribution in [0.4, 0.5) is 0 Å². The summed E-state index contributed by atoms with van der Waals surface area (Å²) in [7, 11) is 1.71. The molecule has 2 rings (SSSR count). The van der Waals surface area contributed by atoms with E-state index in [1.807, 2.05) is 30.5 Å². The Labute approximate surface area is 134 Å². The van der Waals surface area contributed by atoms with E-state index in [0.717, 1.165) is 35.3 Å². The summed E-state index contributed by atoms with van der Waals surface area (Å²) in [5.74, 6) is 0.929. The highest BCUT2D eigenvalue weighted by molar-refractivity contribution is 9.10. The van der Waals surface area contributed by atoms with Crippen molar-refractivity contribution >= 4 is 15.9 Å². The van der Waals surface area contributed by atoms with Gasteiger partial charge in [-0.2, -0.15) is 0 Å². The third kappa shape index (κ3) is 4.55. The van der Waals surface area contributed by atoms with Gasteiger partial charge in [0.2, 0.25) is 0 Å². The molecule has 0 fully saturated rings. The molecule has 1 aromatic heterocycles. The van der Waals surface area contributed by atoms with Crippen molar-refractivity contribution in [2.45, 2.75) is 25.8 Å². The van der Waals surface area contributed by atoms with Gasteiger partial charge in [-0.1, -0.05) is 25.1 Å². The topological polar surface area (TPSA) is 34.1 Å². The zero-order valence-electron chi connectivity index (χ0n) is 12.5. The molecule has 1 aromatic carbocycles. The number of halogens is 1. The van der Waals surface area contributed by atoms with E-state index in [0.29, 0.717) is 0 Å². The third-order valence-corrected chi connectivity index (χ3v) is 3.83. The van der Waals surface area contributed by atoms with Crippen molar-refractivity contribution in [1.29, 1.82) is 0 Å². The minimum atomic E-state index is 0.189. The van der Waals surface area contributed by atoms with Gasteiger partial charge in [-0.05, 0) is 59.1 Å². The Morgan fingerprint density at radius 3 is 2.71 bits per heavy atom. The fourth-order valence-electron chi connectivity index (χ4n) is 2.28. The molecule has 0 spiro atoms. The number of rotatable bonds is 7. The first-order chi connectivity index (χ1) is 10.2. The Balaban J connectivity index is 2.21. The predicted molar refractivity (Wildman–Crippen MR) is 89.7 cm³/mol. The number of nitrogens with zero attached hydrogens (tertiary/aromatic N) is 1. The van der Waals surface area contributed by atoms with Crippen molar-refractivity contribution in [3.05, 3.63) is 58.3 Å². The molecular formula is C17H21BrN2O. The minimum Gasteiger partial charge on any atom is -0.496 e. The summed E-state index contributed by atoms with van der Waals surface area (Å²) >= 11 is 3.43. The summed E-state index contributed by atoms with van der Waals surface area (Å²) in [5.41, 5.74) is 2.25. The quantitative estimate of drug-likeness (QED) is 0.816. The van der Waals surface area contributed by atoms with Crippen molar-refractivity contribution in [3.63, 3.8) is 0 Å². The lowest BCUT2D eigenvalue weighted by Gasteiger charge is -2.19. The number of hydrogen-bond donors (Lipinski definition) is 1. The standard InChI is InChI=1S/C17H21BrN2O/c1-3-10-19-16(15-9-8-14(18)12-20-15)11-13-6-4-5-7-17(13)21-2/h4-9,12,16,19H,3,10-11H2,1-2H3. The Hall–Kier alpha value is -1.39. The van der Waals surface area contributed by atoms with E-state index in [-0.39, 0.29) is 6.04 Å². The Kier molecular flexibility index (Phi) is 6.21. The molecule has 0 saturated heterocycles.